The molecule has 1 aliphatic heterocycles. The lowest BCUT2D eigenvalue weighted by molar-refractivity contribution is -0.138. The second kappa shape index (κ2) is 4.34. The summed E-state index contributed by atoms with van der Waals surface area (Å²) < 4.78 is 0. The summed E-state index contributed by atoms with van der Waals surface area (Å²) in [6.07, 6.45) is 6.92. The fraction of sp³-hybridized carbons (Fsp3) is 0.786. The standard InChI is InChI=1S/C14H21NOS/c1-9-10(2)17-6-5-15(9)14(16)13-8-11-3-4-12(13)7-11/h3-4,9-13H,5-8H2,1-2H3. The summed E-state index contributed by atoms with van der Waals surface area (Å²) in [5, 5.41) is 0.585. The number of allylic oxidation sites excluding steroid dienone is 2. The summed E-state index contributed by atoms with van der Waals surface area (Å²) in [7, 11) is 0. The molecule has 5 unspecified atom stereocenters. The van der Waals surface area contributed by atoms with Crippen molar-refractivity contribution < 1.29 is 4.79 Å². The molecule has 3 rings (SSSR count). The number of amides is 1. The van der Waals surface area contributed by atoms with Crippen molar-refractivity contribution in [3.05, 3.63) is 12.2 Å². The van der Waals surface area contributed by atoms with Crippen molar-refractivity contribution in [2.24, 2.45) is 17.8 Å². The quantitative estimate of drug-likeness (QED) is 0.668. The van der Waals surface area contributed by atoms with E-state index in [4.69, 9.17) is 0 Å². The first kappa shape index (κ1) is 11.6. The van der Waals surface area contributed by atoms with Crippen molar-refractivity contribution in [1.29, 1.82) is 0 Å². The SMILES string of the molecule is CC1SCCN(C(=O)C2CC3C=CC2C3)C1C. The highest BCUT2D eigenvalue weighted by Gasteiger charge is 2.43. The third-order valence-electron chi connectivity index (χ3n) is 4.76. The minimum atomic E-state index is 0.294. The lowest BCUT2D eigenvalue weighted by Gasteiger charge is -2.39. The van der Waals surface area contributed by atoms with Crippen LogP contribution in [0.15, 0.2) is 12.2 Å². The van der Waals surface area contributed by atoms with Gasteiger partial charge in [-0.1, -0.05) is 19.1 Å². The fourth-order valence-corrected chi connectivity index (χ4v) is 4.62. The van der Waals surface area contributed by atoms with Gasteiger partial charge in [-0.3, -0.25) is 4.79 Å². The Morgan fingerprint density at radius 3 is 2.76 bits per heavy atom. The summed E-state index contributed by atoms with van der Waals surface area (Å²) >= 11 is 2.00. The molecule has 0 aromatic rings. The molecule has 1 amide bonds. The monoisotopic (exact) mass is 251 g/mol. The Balaban J connectivity index is 1.71. The molecule has 0 aromatic heterocycles. The van der Waals surface area contributed by atoms with Gasteiger partial charge in [0.05, 0.1) is 0 Å². The van der Waals surface area contributed by atoms with E-state index in [2.05, 4.69) is 30.9 Å². The Bertz CT molecular complexity index is 354. The zero-order valence-electron chi connectivity index (χ0n) is 10.6. The summed E-state index contributed by atoms with van der Waals surface area (Å²) in [5.74, 6) is 3.07. The van der Waals surface area contributed by atoms with Crippen LogP contribution < -0.4 is 0 Å². The van der Waals surface area contributed by atoms with Crippen molar-refractivity contribution in [3.63, 3.8) is 0 Å². The zero-order chi connectivity index (χ0) is 12.0. The number of fused-ring (bicyclic) bond motifs is 2. The van der Waals surface area contributed by atoms with Crippen LogP contribution in [0.2, 0.25) is 0 Å². The molecule has 2 nitrogen and oxygen atoms in total. The summed E-state index contributed by atoms with van der Waals surface area (Å²) in [6.45, 7) is 5.40. The molecule has 1 saturated heterocycles. The number of nitrogens with zero attached hydrogens (tertiary/aromatic N) is 1. The van der Waals surface area contributed by atoms with Crippen molar-refractivity contribution in [1.82, 2.24) is 4.90 Å². The fourth-order valence-electron chi connectivity index (χ4n) is 3.52. The summed E-state index contributed by atoms with van der Waals surface area (Å²) in [4.78, 5) is 14.8. The maximum atomic E-state index is 12.6. The smallest absolute Gasteiger partial charge is 0.226 e. The molecule has 1 heterocycles. The third-order valence-corrected chi connectivity index (χ3v) is 6.10. The maximum absolute atomic E-state index is 12.6. The van der Waals surface area contributed by atoms with E-state index in [1.54, 1.807) is 0 Å². The third kappa shape index (κ3) is 1.92. The van der Waals surface area contributed by atoms with Gasteiger partial charge < -0.3 is 4.90 Å². The zero-order valence-corrected chi connectivity index (χ0v) is 11.5. The first-order valence-electron chi connectivity index (χ1n) is 6.77. The number of thioether (sulfide) groups is 1. The van der Waals surface area contributed by atoms with Crippen LogP contribution in [0.3, 0.4) is 0 Å². The molecule has 2 fully saturated rings. The minimum Gasteiger partial charge on any atom is -0.338 e. The van der Waals surface area contributed by atoms with E-state index in [0.29, 0.717) is 35.0 Å². The van der Waals surface area contributed by atoms with Crippen LogP contribution in [0, 0.1) is 17.8 Å². The molecule has 0 aromatic carbocycles. The molecule has 0 N–H and O–H groups in total. The predicted octanol–water partition coefficient (Wildman–Crippen LogP) is 2.55. The van der Waals surface area contributed by atoms with Crippen molar-refractivity contribution in [2.45, 2.75) is 38.0 Å². The molecule has 94 valence electrons. The van der Waals surface area contributed by atoms with E-state index in [-0.39, 0.29) is 0 Å². The lowest BCUT2D eigenvalue weighted by Crippen LogP contribution is -2.50. The molecular weight excluding hydrogens is 230 g/mol. The van der Waals surface area contributed by atoms with Gasteiger partial charge in [-0.15, -0.1) is 0 Å². The molecule has 0 spiro atoms. The molecule has 1 saturated carbocycles. The van der Waals surface area contributed by atoms with Crippen LogP contribution in [-0.4, -0.2) is 34.4 Å². The molecule has 5 atom stereocenters. The second-order valence-electron chi connectivity index (χ2n) is 5.73. The Morgan fingerprint density at radius 1 is 1.29 bits per heavy atom. The Kier molecular flexibility index (Phi) is 2.97. The second-order valence-corrected chi connectivity index (χ2v) is 7.22. The van der Waals surface area contributed by atoms with Crippen LogP contribution in [0.4, 0.5) is 0 Å². The van der Waals surface area contributed by atoms with E-state index >= 15 is 0 Å². The largest absolute Gasteiger partial charge is 0.338 e. The highest BCUT2D eigenvalue weighted by molar-refractivity contribution is 8.00. The van der Waals surface area contributed by atoms with Gasteiger partial charge in [0.15, 0.2) is 0 Å². The summed E-state index contributed by atoms with van der Waals surface area (Å²) in [5.41, 5.74) is 0. The van der Waals surface area contributed by atoms with Crippen LogP contribution in [0.5, 0.6) is 0 Å². The van der Waals surface area contributed by atoms with Crippen molar-refractivity contribution in [3.8, 4) is 0 Å². The van der Waals surface area contributed by atoms with E-state index in [9.17, 15) is 4.79 Å². The molecule has 2 bridgehead atoms. The summed E-state index contributed by atoms with van der Waals surface area (Å²) in [6, 6.07) is 0.407. The predicted molar refractivity (Wildman–Crippen MR) is 71.9 cm³/mol. The van der Waals surface area contributed by atoms with E-state index in [1.165, 1.54) is 6.42 Å². The van der Waals surface area contributed by atoms with Gasteiger partial charge in [-0.2, -0.15) is 11.8 Å². The topological polar surface area (TPSA) is 20.3 Å². The maximum Gasteiger partial charge on any atom is 0.226 e. The molecule has 0 radical (unpaired) electrons. The van der Waals surface area contributed by atoms with Crippen LogP contribution in [-0.2, 0) is 4.79 Å². The highest BCUT2D eigenvalue weighted by Crippen LogP contribution is 2.44. The van der Waals surface area contributed by atoms with Gasteiger partial charge in [0.25, 0.3) is 0 Å². The van der Waals surface area contributed by atoms with Gasteiger partial charge in [0, 0.05) is 29.5 Å². The normalized spacial score (nSPS) is 44.4. The number of carbonyl (C=O) groups is 1. The molecule has 3 aliphatic rings. The van der Waals surface area contributed by atoms with Crippen LogP contribution >= 0.6 is 11.8 Å². The van der Waals surface area contributed by atoms with Crippen LogP contribution in [0.1, 0.15) is 26.7 Å². The first-order chi connectivity index (χ1) is 8.16. The van der Waals surface area contributed by atoms with E-state index in [0.717, 1.165) is 18.7 Å². The van der Waals surface area contributed by atoms with E-state index < -0.39 is 0 Å². The average molecular weight is 251 g/mol. The highest BCUT2D eigenvalue weighted by atomic mass is 32.2. The molecular formula is C14H21NOS. The van der Waals surface area contributed by atoms with Crippen LogP contribution in [0.25, 0.3) is 0 Å². The molecule has 2 aliphatic carbocycles. The van der Waals surface area contributed by atoms with Gasteiger partial charge in [0.1, 0.15) is 0 Å². The van der Waals surface area contributed by atoms with E-state index in [1.807, 2.05) is 11.8 Å². The van der Waals surface area contributed by atoms with Crippen molar-refractivity contribution >= 4 is 17.7 Å². The number of carbonyl (C=O) groups excluding carboxylic acids is 1. The molecule has 17 heavy (non-hydrogen) atoms. The Hall–Kier alpha value is -0.440. The first-order valence-corrected chi connectivity index (χ1v) is 7.82. The number of rotatable bonds is 1. The lowest BCUT2D eigenvalue weighted by atomic mass is 9.91. The number of hydrogen-bond acceptors (Lipinski definition) is 2. The Morgan fingerprint density at radius 2 is 2.12 bits per heavy atom. The average Bonchev–Trinajstić information content (AvgIpc) is 2.94. The van der Waals surface area contributed by atoms with Crippen molar-refractivity contribution in [2.75, 3.05) is 12.3 Å². The Labute approximate surface area is 108 Å². The van der Waals surface area contributed by atoms with Gasteiger partial charge >= 0.3 is 0 Å². The van der Waals surface area contributed by atoms with Gasteiger partial charge in [-0.05, 0) is 31.6 Å². The minimum absolute atomic E-state index is 0.294. The molecule has 3 heteroatoms. The number of hydrogen-bond donors (Lipinski definition) is 0. The van der Waals surface area contributed by atoms with Gasteiger partial charge in [0.2, 0.25) is 5.91 Å². The van der Waals surface area contributed by atoms with Gasteiger partial charge in [-0.25, -0.2) is 0 Å².